The molecule has 1 atom stereocenters. The first-order chi connectivity index (χ1) is 18.4. The lowest BCUT2D eigenvalue weighted by molar-refractivity contribution is -0.139. The quantitative estimate of drug-likeness (QED) is 0.167. The number of amides is 1. The largest absolute Gasteiger partial charge is 0.507 e. The lowest BCUT2D eigenvalue weighted by atomic mass is 9.93. The maximum absolute atomic E-state index is 13.5. The van der Waals surface area contributed by atoms with Gasteiger partial charge in [-0.05, 0) is 46.2 Å². The number of ether oxygens (including phenoxy) is 2. The smallest absolute Gasteiger partial charge is 0.309 e. The van der Waals surface area contributed by atoms with Crippen molar-refractivity contribution < 1.29 is 29.0 Å². The van der Waals surface area contributed by atoms with Crippen molar-refractivity contribution in [2.75, 3.05) is 19.1 Å². The zero-order valence-electron chi connectivity index (χ0n) is 20.9. The maximum atomic E-state index is 13.5. The fourth-order valence-corrected chi connectivity index (χ4v) is 4.79. The van der Waals surface area contributed by atoms with Crippen LogP contribution < -0.4 is 9.64 Å². The fourth-order valence-electron chi connectivity index (χ4n) is 4.79. The highest BCUT2D eigenvalue weighted by Crippen LogP contribution is 2.43. The number of rotatable bonds is 6. The molecule has 1 saturated heterocycles. The Labute approximate surface area is 219 Å². The molecule has 1 amide bonds. The van der Waals surface area contributed by atoms with Gasteiger partial charge in [-0.2, -0.15) is 0 Å². The predicted molar refractivity (Wildman–Crippen MR) is 144 cm³/mol. The third-order valence-corrected chi connectivity index (χ3v) is 6.71. The van der Waals surface area contributed by atoms with E-state index in [-0.39, 0.29) is 23.7 Å². The van der Waals surface area contributed by atoms with Crippen LogP contribution >= 0.6 is 0 Å². The molecule has 0 aromatic heterocycles. The molecule has 1 N–H and O–H groups in total. The van der Waals surface area contributed by atoms with Crippen molar-refractivity contribution in [3.05, 3.63) is 113 Å². The van der Waals surface area contributed by atoms with Crippen LogP contribution in [0.3, 0.4) is 0 Å². The normalized spacial score (nSPS) is 16.6. The summed E-state index contributed by atoms with van der Waals surface area (Å²) in [5.41, 5.74) is 2.25. The average molecular weight is 508 g/mol. The van der Waals surface area contributed by atoms with Crippen molar-refractivity contribution in [3.8, 4) is 5.75 Å². The molecular weight excluding hydrogens is 482 g/mol. The highest BCUT2D eigenvalue weighted by Gasteiger charge is 2.47. The van der Waals surface area contributed by atoms with Crippen LogP contribution in [-0.2, 0) is 25.5 Å². The first-order valence-corrected chi connectivity index (χ1v) is 12.0. The van der Waals surface area contributed by atoms with Crippen LogP contribution in [0.4, 0.5) is 5.69 Å². The van der Waals surface area contributed by atoms with Gasteiger partial charge in [0, 0.05) is 11.3 Å². The van der Waals surface area contributed by atoms with Crippen LogP contribution in [-0.4, -0.2) is 37.0 Å². The van der Waals surface area contributed by atoms with Crippen LogP contribution in [0.25, 0.3) is 16.5 Å². The molecule has 1 aliphatic rings. The standard InChI is InChI=1S/C31H25NO6/c1-37-23-16-12-21(13-17-23)28-27(29(34)25-9-5-7-20-6-3-4-8-24(20)25)30(35)31(36)32(28)22-14-10-19(11-15-22)18-26(33)38-2/h3-17,28,34H,18H2,1-2H3/b29-27-. The first kappa shape index (κ1) is 24.8. The number of aliphatic hydroxyl groups is 1. The Balaban J connectivity index is 1.67. The molecule has 0 bridgehead atoms. The number of anilines is 1. The summed E-state index contributed by atoms with van der Waals surface area (Å²) in [5.74, 6) is -1.55. The van der Waals surface area contributed by atoms with Crippen molar-refractivity contribution in [2.45, 2.75) is 12.5 Å². The molecule has 0 saturated carbocycles. The summed E-state index contributed by atoms with van der Waals surface area (Å²) in [6.07, 6.45) is 0.0819. The highest BCUT2D eigenvalue weighted by atomic mass is 16.5. The van der Waals surface area contributed by atoms with Crippen LogP contribution in [0, 0.1) is 0 Å². The minimum Gasteiger partial charge on any atom is -0.507 e. The van der Waals surface area contributed by atoms with Crippen LogP contribution in [0.1, 0.15) is 22.7 Å². The number of carbonyl (C=O) groups is 3. The van der Waals surface area contributed by atoms with E-state index in [4.69, 9.17) is 9.47 Å². The molecule has 7 heteroatoms. The van der Waals surface area contributed by atoms with Crippen molar-refractivity contribution in [3.63, 3.8) is 0 Å². The third-order valence-electron chi connectivity index (χ3n) is 6.71. The maximum Gasteiger partial charge on any atom is 0.309 e. The summed E-state index contributed by atoms with van der Waals surface area (Å²) >= 11 is 0. The van der Waals surface area contributed by atoms with Gasteiger partial charge in [-0.15, -0.1) is 0 Å². The number of esters is 1. The second-order valence-corrected chi connectivity index (χ2v) is 8.89. The Hall–Kier alpha value is -4.91. The number of aliphatic hydroxyl groups excluding tert-OH is 1. The fraction of sp³-hybridized carbons (Fsp3) is 0.129. The third kappa shape index (κ3) is 4.39. The van der Waals surface area contributed by atoms with Gasteiger partial charge in [0.1, 0.15) is 11.5 Å². The molecule has 7 nitrogen and oxygen atoms in total. The summed E-state index contributed by atoms with van der Waals surface area (Å²) in [6, 6.07) is 25.9. The highest BCUT2D eigenvalue weighted by molar-refractivity contribution is 6.51. The Morgan fingerprint density at radius 3 is 2.24 bits per heavy atom. The van der Waals surface area contributed by atoms with Gasteiger partial charge in [-0.25, -0.2) is 0 Å². The molecule has 4 aromatic carbocycles. The van der Waals surface area contributed by atoms with Gasteiger partial charge in [-0.3, -0.25) is 19.3 Å². The van der Waals surface area contributed by atoms with Gasteiger partial charge in [0.25, 0.3) is 11.7 Å². The van der Waals surface area contributed by atoms with E-state index in [0.29, 0.717) is 28.1 Å². The van der Waals surface area contributed by atoms with E-state index >= 15 is 0 Å². The summed E-state index contributed by atoms with van der Waals surface area (Å²) in [7, 11) is 2.87. The zero-order valence-corrected chi connectivity index (χ0v) is 20.9. The minimum absolute atomic E-state index is 0.00448. The number of nitrogens with zero attached hydrogens (tertiary/aromatic N) is 1. The second kappa shape index (κ2) is 10.2. The number of ketones is 1. The van der Waals surface area contributed by atoms with E-state index in [2.05, 4.69) is 0 Å². The molecule has 0 spiro atoms. The summed E-state index contributed by atoms with van der Waals surface area (Å²) in [5, 5.41) is 13.2. The topological polar surface area (TPSA) is 93.1 Å². The van der Waals surface area contributed by atoms with Crippen molar-refractivity contribution >= 4 is 39.9 Å². The first-order valence-electron chi connectivity index (χ1n) is 12.0. The average Bonchev–Trinajstić information content (AvgIpc) is 3.22. The number of fused-ring (bicyclic) bond motifs is 1. The van der Waals surface area contributed by atoms with Crippen LogP contribution in [0.15, 0.2) is 96.6 Å². The number of carbonyl (C=O) groups excluding carboxylic acids is 3. The molecule has 4 aromatic rings. The summed E-state index contributed by atoms with van der Waals surface area (Å²) in [4.78, 5) is 40.0. The molecule has 1 fully saturated rings. The van der Waals surface area contributed by atoms with E-state index in [1.54, 1.807) is 67.8 Å². The minimum atomic E-state index is -0.883. The molecule has 1 heterocycles. The molecular formula is C31H25NO6. The van der Waals surface area contributed by atoms with Crippen LogP contribution in [0.5, 0.6) is 5.75 Å². The van der Waals surface area contributed by atoms with Gasteiger partial charge in [-0.1, -0.05) is 66.7 Å². The lowest BCUT2D eigenvalue weighted by Gasteiger charge is -2.26. The predicted octanol–water partition coefficient (Wildman–Crippen LogP) is 5.19. The molecule has 5 rings (SSSR count). The van der Waals surface area contributed by atoms with E-state index in [0.717, 1.165) is 10.8 Å². The number of hydrogen-bond donors (Lipinski definition) is 1. The number of hydrogen-bond acceptors (Lipinski definition) is 6. The van der Waals surface area contributed by atoms with Gasteiger partial charge in [0.2, 0.25) is 0 Å². The Morgan fingerprint density at radius 2 is 1.55 bits per heavy atom. The monoisotopic (exact) mass is 507 g/mol. The number of benzene rings is 4. The Bertz CT molecular complexity index is 1570. The summed E-state index contributed by atoms with van der Waals surface area (Å²) in [6.45, 7) is 0. The van der Waals surface area contributed by atoms with E-state index in [1.165, 1.54) is 12.0 Å². The van der Waals surface area contributed by atoms with Crippen molar-refractivity contribution in [1.82, 2.24) is 0 Å². The molecule has 1 aliphatic heterocycles. The second-order valence-electron chi connectivity index (χ2n) is 8.89. The van der Waals surface area contributed by atoms with E-state index in [9.17, 15) is 19.5 Å². The molecule has 1 unspecified atom stereocenters. The van der Waals surface area contributed by atoms with E-state index in [1.807, 2.05) is 30.3 Å². The van der Waals surface area contributed by atoms with Gasteiger partial charge >= 0.3 is 5.97 Å². The lowest BCUT2D eigenvalue weighted by Crippen LogP contribution is -2.29. The zero-order chi connectivity index (χ0) is 26.8. The van der Waals surface area contributed by atoms with Crippen LogP contribution in [0.2, 0.25) is 0 Å². The molecule has 38 heavy (non-hydrogen) atoms. The number of methoxy groups -OCH3 is 2. The van der Waals surface area contributed by atoms with Crippen molar-refractivity contribution in [1.29, 1.82) is 0 Å². The van der Waals surface area contributed by atoms with Gasteiger partial charge < -0.3 is 14.6 Å². The number of Topliss-reactive ketones (excluding diaryl/α,β-unsaturated/α-hetero) is 1. The summed E-state index contributed by atoms with van der Waals surface area (Å²) < 4.78 is 10.0. The Kier molecular flexibility index (Phi) is 6.66. The SMILES string of the molecule is COC(=O)Cc1ccc(N2C(=O)C(=O)/C(=C(\O)c3cccc4ccccc34)C2c2ccc(OC)cc2)cc1. The van der Waals surface area contributed by atoms with E-state index < -0.39 is 17.7 Å². The Morgan fingerprint density at radius 1 is 0.868 bits per heavy atom. The van der Waals surface area contributed by atoms with Crippen molar-refractivity contribution in [2.24, 2.45) is 0 Å². The van der Waals surface area contributed by atoms with Gasteiger partial charge in [0.05, 0.1) is 32.3 Å². The molecule has 0 aliphatic carbocycles. The molecule has 0 radical (unpaired) electrons. The molecule has 190 valence electrons. The van der Waals surface area contributed by atoms with Gasteiger partial charge in [0.15, 0.2) is 0 Å².